The summed E-state index contributed by atoms with van der Waals surface area (Å²) in [4.78, 5) is 17.1. The first kappa shape index (κ1) is 18.9. The summed E-state index contributed by atoms with van der Waals surface area (Å²) in [7, 11) is 1.91. The van der Waals surface area contributed by atoms with E-state index in [1.807, 2.05) is 32.7 Å². The SMILES string of the molecule is CC1CC(N(C)C(=O)[C@@H](N)C(C)(C)C)CCN1Cc1ccccc1. The predicted molar refractivity (Wildman–Crippen MR) is 99.5 cm³/mol. The summed E-state index contributed by atoms with van der Waals surface area (Å²) in [6.07, 6.45) is 2.02. The molecule has 0 aliphatic carbocycles. The molecular formula is C20H33N3O. The predicted octanol–water partition coefficient (Wildman–Crippen LogP) is 2.87. The molecule has 134 valence electrons. The van der Waals surface area contributed by atoms with Crippen molar-refractivity contribution in [3.8, 4) is 0 Å². The molecule has 24 heavy (non-hydrogen) atoms. The minimum atomic E-state index is -0.444. The summed E-state index contributed by atoms with van der Waals surface area (Å²) >= 11 is 0. The fraction of sp³-hybridized carbons (Fsp3) is 0.650. The van der Waals surface area contributed by atoms with Crippen LogP contribution in [0.1, 0.15) is 46.1 Å². The zero-order valence-electron chi connectivity index (χ0n) is 15.8. The van der Waals surface area contributed by atoms with E-state index in [0.717, 1.165) is 25.9 Å². The van der Waals surface area contributed by atoms with Crippen molar-refractivity contribution in [2.75, 3.05) is 13.6 Å². The van der Waals surface area contributed by atoms with Crippen molar-refractivity contribution in [1.82, 2.24) is 9.80 Å². The molecule has 2 rings (SSSR count). The van der Waals surface area contributed by atoms with Crippen LogP contribution in [0.15, 0.2) is 30.3 Å². The molecule has 3 atom stereocenters. The Hall–Kier alpha value is -1.39. The van der Waals surface area contributed by atoms with Gasteiger partial charge in [-0.15, -0.1) is 0 Å². The van der Waals surface area contributed by atoms with Crippen molar-refractivity contribution in [3.05, 3.63) is 35.9 Å². The molecule has 1 aliphatic rings. The smallest absolute Gasteiger partial charge is 0.240 e. The molecule has 1 aromatic rings. The van der Waals surface area contributed by atoms with Crippen LogP contribution in [-0.4, -0.2) is 47.4 Å². The first-order chi connectivity index (χ1) is 11.2. The minimum absolute atomic E-state index is 0.0659. The highest BCUT2D eigenvalue weighted by molar-refractivity contribution is 5.82. The maximum Gasteiger partial charge on any atom is 0.240 e. The summed E-state index contributed by atoms with van der Waals surface area (Å²) in [6, 6.07) is 10.9. The molecule has 2 N–H and O–H groups in total. The molecule has 1 fully saturated rings. The largest absolute Gasteiger partial charge is 0.341 e. The molecule has 0 spiro atoms. The molecule has 1 aliphatic heterocycles. The summed E-state index contributed by atoms with van der Waals surface area (Å²) in [6.45, 7) is 10.3. The normalized spacial score (nSPS) is 23.8. The van der Waals surface area contributed by atoms with Crippen LogP contribution in [0.4, 0.5) is 0 Å². The summed E-state index contributed by atoms with van der Waals surface area (Å²) < 4.78 is 0. The molecule has 1 aromatic carbocycles. The second-order valence-electron chi connectivity index (χ2n) is 8.28. The first-order valence-corrected chi connectivity index (χ1v) is 9.00. The standard InChI is InChI=1S/C20H33N3O/c1-15-13-17(22(5)19(24)18(21)20(2,3)4)11-12-23(15)14-16-9-7-6-8-10-16/h6-10,15,17-18H,11-14,21H2,1-5H3/t15?,17?,18-/m1/s1. The Bertz CT molecular complexity index is 538. The van der Waals surface area contributed by atoms with Crippen molar-refractivity contribution in [3.63, 3.8) is 0 Å². The lowest BCUT2D eigenvalue weighted by Gasteiger charge is -2.42. The van der Waals surface area contributed by atoms with Gasteiger partial charge in [-0.1, -0.05) is 51.1 Å². The van der Waals surface area contributed by atoms with Crippen molar-refractivity contribution in [2.24, 2.45) is 11.1 Å². The number of likely N-dealkylation sites (tertiary alicyclic amines) is 1. The van der Waals surface area contributed by atoms with E-state index in [9.17, 15) is 4.79 Å². The van der Waals surface area contributed by atoms with Gasteiger partial charge in [0.1, 0.15) is 0 Å². The quantitative estimate of drug-likeness (QED) is 0.923. The molecule has 1 amide bonds. The molecule has 0 bridgehead atoms. The Balaban J connectivity index is 1.93. The van der Waals surface area contributed by atoms with E-state index in [-0.39, 0.29) is 17.4 Å². The molecule has 1 saturated heterocycles. The van der Waals surface area contributed by atoms with Gasteiger partial charge in [-0.25, -0.2) is 0 Å². The molecule has 4 heteroatoms. The van der Waals surface area contributed by atoms with Crippen LogP contribution >= 0.6 is 0 Å². The van der Waals surface area contributed by atoms with Crippen LogP contribution in [0.2, 0.25) is 0 Å². The molecule has 2 unspecified atom stereocenters. The van der Waals surface area contributed by atoms with E-state index in [1.165, 1.54) is 5.56 Å². The van der Waals surface area contributed by atoms with Crippen molar-refractivity contribution < 1.29 is 4.79 Å². The highest BCUT2D eigenvalue weighted by Crippen LogP contribution is 2.25. The fourth-order valence-corrected chi connectivity index (χ4v) is 3.37. The second kappa shape index (κ2) is 7.66. The van der Waals surface area contributed by atoms with Crippen molar-refractivity contribution in [2.45, 2.75) is 65.2 Å². The van der Waals surface area contributed by atoms with Gasteiger partial charge in [0.05, 0.1) is 6.04 Å². The van der Waals surface area contributed by atoms with Gasteiger partial charge in [-0.3, -0.25) is 9.69 Å². The summed E-state index contributed by atoms with van der Waals surface area (Å²) in [5.74, 6) is 0.0659. The number of amides is 1. The Kier molecular flexibility index (Phi) is 6.05. The topological polar surface area (TPSA) is 49.6 Å². The van der Waals surface area contributed by atoms with Crippen LogP contribution in [0.3, 0.4) is 0 Å². The maximum absolute atomic E-state index is 12.7. The lowest BCUT2D eigenvalue weighted by molar-refractivity contribution is -0.137. The van der Waals surface area contributed by atoms with Gasteiger partial charge < -0.3 is 10.6 Å². The van der Waals surface area contributed by atoms with Crippen LogP contribution in [0.5, 0.6) is 0 Å². The summed E-state index contributed by atoms with van der Waals surface area (Å²) in [5, 5.41) is 0. The summed E-state index contributed by atoms with van der Waals surface area (Å²) in [5.41, 5.74) is 7.31. The molecule has 0 saturated carbocycles. The van der Waals surface area contributed by atoms with Crippen molar-refractivity contribution >= 4 is 5.91 Å². The average molecular weight is 332 g/mol. The van der Waals surface area contributed by atoms with E-state index in [0.29, 0.717) is 6.04 Å². The molecule has 1 heterocycles. The number of piperidine rings is 1. The van der Waals surface area contributed by atoms with E-state index in [1.54, 1.807) is 0 Å². The Morgan fingerprint density at radius 3 is 2.50 bits per heavy atom. The minimum Gasteiger partial charge on any atom is -0.341 e. The number of hydrogen-bond donors (Lipinski definition) is 1. The van der Waals surface area contributed by atoms with Gasteiger partial charge >= 0.3 is 0 Å². The van der Waals surface area contributed by atoms with Crippen LogP contribution < -0.4 is 5.73 Å². The van der Waals surface area contributed by atoms with Crippen LogP contribution in [0.25, 0.3) is 0 Å². The highest BCUT2D eigenvalue weighted by atomic mass is 16.2. The number of carbonyl (C=O) groups excluding carboxylic acids is 1. The first-order valence-electron chi connectivity index (χ1n) is 9.00. The maximum atomic E-state index is 12.7. The van der Waals surface area contributed by atoms with Crippen molar-refractivity contribution in [1.29, 1.82) is 0 Å². The number of rotatable bonds is 4. The van der Waals surface area contributed by atoms with Gasteiger partial charge in [0.25, 0.3) is 0 Å². The Morgan fingerprint density at radius 2 is 1.96 bits per heavy atom. The third-order valence-corrected chi connectivity index (χ3v) is 5.31. The number of hydrogen-bond acceptors (Lipinski definition) is 3. The van der Waals surface area contributed by atoms with E-state index in [2.05, 4.69) is 42.2 Å². The second-order valence-corrected chi connectivity index (χ2v) is 8.28. The number of benzene rings is 1. The number of nitrogens with two attached hydrogens (primary N) is 1. The zero-order valence-corrected chi connectivity index (χ0v) is 15.8. The average Bonchev–Trinajstić information content (AvgIpc) is 2.54. The number of carbonyl (C=O) groups is 1. The van der Waals surface area contributed by atoms with E-state index >= 15 is 0 Å². The number of nitrogens with zero attached hydrogens (tertiary/aromatic N) is 2. The fourth-order valence-electron chi connectivity index (χ4n) is 3.37. The van der Waals surface area contributed by atoms with E-state index in [4.69, 9.17) is 5.73 Å². The molecular weight excluding hydrogens is 298 g/mol. The highest BCUT2D eigenvalue weighted by Gasteiger charge is 2.35. The molecule has 0 aromatic heterocycles. The van der Waals surface area contributed by atoms with Gasteiger partial charge in [0.15, 0.2) is 0 Å². The van der Waals surface area contributed by atoms with E-state index < -0.39 is 6.04 Å². The lowest BCUT2D eigenvalue weighted by Crippen LogP contribution is -2.55. The zero-order chi connectivity index (χ0) is 17.9. The number of likely N-dealkylation sites (N-methyl/N-ethyl adjacent to an activating group) is 1. The van der Waals surface area contributed by atoms with Gasteiger partial charge in [0.2, 0.25) is 5.91 Å². The van der Waals surface area contributed by atoms with Crippen LogP contribution in [-0.2, 0) is 11.3 Å². The third-order valence-electron chi connectivity index (χ3n) is 5.31. The van der Waals surface area contributed by atoms with Gasteiger partial charge in [0, 0.05) is 32.2 Å². The third kappa shape index (κ3) is 4.58. The lowest BCUT2D eigenvalue weighted by atomic mass is 9.86. The monoisotopic (exact) mass is 331 g/mol. The van der Waals surface area contributed by atoms with Crippen LogP contribution in [0, 0.1) is 5.41 Å². The Morgan fingerprint density at radius 1 is 1.33 bits per heavy atom. The van der Waals surface area contributed by atoms with Gasteiger partial charge in [-0.2, -0.15) is 0 Å². The molecule has 0 radical (unpaired) electrons. The Labute approximate surface area is 147 Å². The van der Waals surface area contributed by atoms with Gasteiger partial charge in [-0.05, 0) is 30.7 Å². The molecule has 4 nitrogen and oxygen atoms in total.